The Bertz CT molecular complexity index is 898. The lowest BCUT2D eigenvalue weighted by molar-refractivity contribution is -0.116. The van der Waals surface area contributed by atoms with Crippen molar-refractivity contribution in [1.82, 2.24) is 14.8 Å². The molecule has 1 aromatic heterocycles. The van der Waals surface area contributed by atoms with Gasteiger partial charge >= 0.3 is 0 Å². The number of carbonyl (C=O) groups excluding carboxylic acids is 1. The number of thioether (sulfide) groups is 1. The first-order valence-electron chi connectivity index (χ1n) is 8.25. The maximum absolute atomic E-state index is 12.6. The molecule has 0 radical (unpaired) electrons. The quantitative estimate of drug-likeness (QED) is 0.590. The minimum Gasteiger partial charge on any atom is -0.312 e. The van der Waals surface area contributed by atoms with Gasteiger partial charge in [0.15, 0.2) is 5.16 Å². The molecule has 0 fully saturated rings. The number of benzene rings is 2. The topological polar surface area (TPSA) is 51.0 Å². The Morgan fingerprint density at radius 3 is 2.69 bits per heavy atom. The van der Waals surface area contributed by atoms with E-state index in [0.29, 0.717) is 16.7 Å². The van der Waals surface area contributed by atoms with Gasteiger partial charge in [0, 0.05) is 17.3 Å². The van der Waals surface area contributed by atoms with Gasteiger partial charge in [-0.3, -0.25) is 9.36 Å². The van der Waals surface area contributed by atoms with Gasteiger partial charge in [-0.2, -0.15) is 0 Å². The van der Waals surface area contributed by atoms with Crippen molar-refractivity contribution in [1.29, 1.82) is 0 Å². The maximum atomic E-state index is 12.6. The van der Waals surface area contributed by atoms with Crippen LogP contribution in [0.4, 0.5) is 5.69 Å². The van der Waals surface area contributed by atoms with Gasteiger partial charge in [-0.1, -0.05) is 47.6 Å². The van der Waals surface area contributed by atoms with Crippen LogP contribution < -0.4 is 4.90 Å². The van der Waals surface area contributed by atoms with Crippen LogP contribution in [0.2, 0.25) is 5.02 Å². The van der Waals surface area contributed by atoms with Crippen LogP contribution in [0.3, 0.4) is 0 Å². The molecule has 5 nitrogen and oxygen atoms in total. The van der Waals surface area contributed by atoms with Crippen molar-refractivity contribution in [3.05, 3.63) is 65.4 Å². The molecule has 0 bridgehead atoms. The lowest BCUT2D eigenvalue weighted by atomic mass is 10.2. The Hall–Kier alpha value is -2.31. The van der Waals surface area contributed by atoms with E-state index in [2.05, 4.69) is 10.2 Å². The molecule has 0 spiro atoms. The third kappa shape index (κ3) is 4.08. The number of hydrogen-bond donors (Lipinski definition) is 0. The number of aromatic nitrogens is 3. The van der Waals surface area contributed by atoms with Crippen LogP contribution >= 0.6 is 23.4 Å². The fraction of sp³-hybridized carbons (Fsp3) is 0.211. The molecule has 26 heavy (non-hydrogen) atoms. The zero-order valence-electron chi connectivity index (χ0n) is 14.6. The van der Waals surface area contributed by atoms with Crippen molar-refractivity contribution in [3.63, 3.8) is 0 Å². The second-order valence-electron chi connectivity index (χ2n) is 5.68. The molecule has 0 atom stereocenters. The number of aryl methyl sites for hydroxylation is 1. The minimum absolute atomic E-state index is 0.0280. The summed E-state index contributed by atoms with van der Waals surface area (Å²) in [6, 6.07) is 15.4. The van der Waals surface area contributed by atoms with E-state index in [0.717, 1.165) is 16.9 Å². The van der Waals surface area contributed by atoms with Crippen molar-refractivity contribution in [3.8, 4) is 5.69 Å². The van der Waals surface area contributed by atoms with E-state index in [-0.39, 0.29) is 11.7 Å². The predicted molar refractivity (Wildman–Crippen MR) is 106 cm³/mol. The number of halogens is 1. The molecule has 1 amide bonds. The Morgan fingerprint density at radius 2 is 2.00 bits per heavy atom. The summed E-state index contributed by atoms with van der Waals surface area (Å²) in [5.74, 6) is 0.307. The molecule has 1 heterocycles. The summed E-state index contributed by atoms with van der Waals surface area (Å²) in [6.45, 7) is 4.53. The SMILES string of the molecule is CCN(C(=O)CSc1nncn1-c1ccc(C)c(Cl)c1)c1ccccc1. The van der Waals surface area contributed by atoms with Crippen molar-refractivity contribution in [2.75, 3.05) is 17.2 Å². The van der Waals surface area contributed by atoms with Gasteiger partial charge in [0.25, 0.3) is 0 Å². The Morgan fingerprint density at radius 1 is 1.23 bits per heavy atom. The third-order valence-corrected chi connectivity index (χ3v) is 5.29. The highest BCUT2D eigenvalue weighted by Crippen LogP contribution is 2.24. The molecule has 0 aliphatic rings. The smallest absolute Gasteiger partial charge is 0.237 e. The molecule has 3 aromatic rings. The zero-order chi connectivity index (χ0) is 18.5. The Balaban J connectivity index is 1.73. The van der Waals surface area contributed by atoms with Gasteiger partial charge in [0.2, 0.25) is 5.91 Å². The highest BCUT2D eigenvalue weighted by atomic mass is 35.5. The van der Waals surface area contributed by atoms with Crippen LogP contribution in [0, 0.1) is 6.92 Å². The van der Waals surface area contributed by atoms with E-state index in [1.165, 1.54) is 11.8 Å². The van der Waals surface area contributed by atoms with Gasteiger partial charge < -0.3 is 4.90 Å². The molecule has 0 saturated carbocycles. The Kier molecular flexibility index (Phi) is 5.96. The van der Waals surface area contributed by atoms with Gasteiger partial charge in [0.1, 0.15) is 6.33 Å². The summed E-state index contributed by atoms with van der Waals surface area (Å²) in [5, 5.41) is 9.45. The first-order chi connectivity index (χ1) is 12.6. The van der Waals surface area contributed by atoms with Gasteiger partial charge in [-0.25, -0.2) is 0 Å². The highest BCUT2D eigenvalue weighted by Gasteiger charge is 2.16. The predicted octanol–water partition coefficient (Wildman–Crippen LogP) is 4.37. The average molecular weight is 387 g/mol. The molecule has 0 aliphatic heterocycles. The van der Waals surface area contributed by atoms with Gasteiger partial charge in [-0.15, -0.1) is 10.2 Å². The maximum Gasteiger partial charge on any atom is 0.237 e. The van der Waals surface area contributed by atoms with Crippen LogP contribution in [-0.4, -0.2) is 33.0 Å². The minimum atomic E-state index is 0.0280. The number of hydrogen-bond acceptors (Lipinski definition) is 4. The van der Waals surface area contributed by atoms with E-state index < -0.39 is 0 Å². The average Bonchev–Trinajstić information content (AvgIpc) is 3.12. The zero-order valence-corrected chi connectivity index (χ0v) is 16.2. The number of para-hydroxylation sites is 1. The molecule has 134 valence electrons. The van der Waals surface area contributed by atoms with E-state index >= 15 is 0 Å². The number of carbonyl (C=O) groups is 1. The third-order valence-electron chi connectivity index (χ3n) is 3.96. The summed E-state index contributed by atoms with van der Waals surface area (Å²) >= 11 is 7.58. The fourth-order valence-corrected chi connectivity index (χ4v) is 3.53. The largest absolute Gasteiger partial charge is 0.312 e. The summed E-state index contributed by atoms with van der Waals surface area (Å²) in [7, 11) is 0. The summed E-state index contributed by atoms with van der Waals surface area (Å²) < 4.78 is 1.84. The number of anilines is 1. The number of nitrogens with zero attached hydrogens (tertiary/aromatic N) is 4. The van der Waals surface area contributed by atoms with Crippen LogP contribution in [-0.2, 0) is 4.79 Å². The highest BCUT2D eigenvalue weighted by molar-refractivity contribution is 7.99. The molecule has 0 saturated heterocycles. The van der Waals surface area contributed by atoms with Crippen molar-refractivity contribution in [2.45, 2.75) is 19.0 Å². The van der Waals surface area contributed by atoms with E-state index in [9.17, 15) is 4.79 Å². The van der Waals surface area contributed by atoms with E-state index in [1.54, 1.807) is 11.2 Å². The number of rotatable bonds is 6. The first-order valence-corrected chi connectivity index (χ1v) is 9.61. The molecular formula is C19H19ClN4OS. The monoisotopic (exact) mass is 386 g/mol. The van der Waals surface area contributed by atoms with Crippen molar-refractivity contribution >= 4 is 35.0 Å². The molecule has 2 aromatic carbocycles. The van der Waals surface area contributed by atoms with Crippen LogP contribution in [0.5, 0.6) is 0 Å². The normalized spacial score (nSPS) is 10.7. The first kappa shape index (κ1) is 18.5. The van der Waals surface area contributed by atoms with E-state index in [1.807, 2.05) is 66.9 Å². The fourth-order valence-electron chi connectivity index (χ4n) is 2.55. The van der Waals surface area contributed by atoms with Crippen LogP contribution in [0.25, 0.3) is 5.69 Å². The molecule has 0 unspecified atom stereocenters. The standard InChI is InChI=1S/C19H19ClN4OS/c1-3-23(15-7-5-4-6-8-15)18(25)12-26-19-22-21-13-24(19)16-10-9-14(2)17(20)11-16/h4-11,13H,3,12H2,1-2H3. The van der Waals surface area contributed by atoms with Crippen molar-refractivity contribution in [2.24, 2.45) is 0 Å². The molecule has 3 rings (SSSR count). The van der Waals surface area contributed by atoms with Crippen molar-refractivity contribution < 1.29 is 4.79 Å². The summed E-state index contributed by atoms with van der Waals surface area (Å²) in [6.07, 6.45) is 1.63. The lowest BCUT2D eigenvalue weighted by Gasteiger charge is -2.20. The lowest BCUT2D eigenvalue weighted by Crippen LogP contribution is -2.32. The molecule has 7 heteroatoms. The van der Waals surface area contributed by atoms with Gasteiger partial charge in [0.05, 0.1) is 11.4 Å². The Labute approximate surface area is 162 Å². The molecule has 0 N–H and O–H groups in total. The second-order valence-corrected chi connectivity index (χ2v) is 7.03. The summed E-state index contributed by atoms with van der Waals surface area (Å²) in [4.78, 5) is 14.4. The second kappa shape index (κ2) is 8.38. The number of amides is 1. The van der Waals surface area contributed by atoms with Gasteiger partial charge in [-0.05, 0) is 43.7 Å². The van der Waals surface area contributed by atoms with E-state index in [4.69, 9.17) is 11.6 Å². The molecular weight excluding hydrogens is 368 g/mol. The molecule has 0 aliphatic carbocycles. The van der Waals surface area contributed by atoms with Crippen LogP contribution in [0.1, 0.15) is 12.5 Å². The van der Waals surface area contributed by atoms with Crippen LogP contribution in [0.15, 0.2) is 60.0 Å². The summed E-state index contributed by atoms with van der Waals surface area (Å²) in [5.41, 5.74) is 2.78.